The van der Waals surface area contributed by atoms with Crippen LogP contribution >= 0.6 is 0 Å². The van der Waals surface area contributed by atoms with Gasteiger partial charge in [-0.25, -0.2) is 0 Å². The zero-order chi connectivity index (χ0) is 30.5. The molecule has 0 spiro atoms. The highest BCUT2D eigenvalue weighted by atomic mass is 16.7. The van der Waals surface area contributed by atoms with Crippen molar-refractivity contribution < 1.29 is 65.3 Å². The third-order valence-corrected chi connectivity index (χ3v) is 8.12. The Kier molecular flexibility index (Phi) is 5.42. The molecule has 0 aliphatic carbocycles. The summed E-state index contributed by atoms with van der Waals surface area (Å²) in [4.78, 5) is 0. The summed E-state index contributed by atoms with van der Waals surface area (Å²) >= 11 is 0. The number of aliphatic hydroxyl groups is 2. The molecule has 4 aromatic rings. The van der Waals surface area contributed by atoms with Crippen LogP contribution in [0.5, 0.6) is 63.2 Å². The van der Waals surface area contributed by atoms with Crippen LogP contribution in [-0.2, 0) is 12.2 Å². The molecule has 7 rings (SSSR count). The zero-order valence-electron chi connectivity index (χ0n) is 21.8. The maximum Gasteiger partial charge on any atom is 0.305 e. The second-order valence-corrected chi connectivity index (χ2v) is 10.7. The average Bonchev–Trinajstić information content (AvgIpc) is 2.93. The lowest BCUT2D eigenvalue weighted by molar-refractivity contribution is -0.219. The van der Waals surface area contributed by atoms with Crippen LogP contribution in [0.2, 0.25) is 0 Å². The van der Waals surface area contributed by atoms with Crippen molar-refractivity contribution in [1.29, 1.82) is 0 Å². The van der Waals surface area contributed by atoms with Crippen molar-refractivity contribution in [3.63, 3.8) is 0 Å². The molecule has 43 heavy (non-hydrogen) atoms. The summed E-state index contributed by atoms with van der Waals surface area (Å²) in [6, 6.07) is 9.25. The fourth-order valence-corrected chi connectivity index (χ4v) is 6.16. The highest BCUT2D eigenvalue weighted by Gasteiger charge is 2.60. The van der Waals surface area contributed by atoms with E-state index >= 15 is 0 Å². The molecule has 222 valence electrons. The third kappa shape index (κ3) is 3.65. The molecule has 3 aliphatic rings. The van der Waals surface area contributed by atoms with Crippen molar-refractivity contribution in [2.45, 2.75) is 36.4 Å². The van der Waals surface area contributed by atoms with E-state index in [4.69, 9.17) is 14.2 Å². The van der Waals surface area contributed by atoms with E-state index in [1.807, 2.05) is 0 Å². The molecule has 0 aromatic heterocycles. The number of phenols is 8. The number of hydrogen-bond donors (Lipinski definition) is 10. The molecule has 3 heterocycles. The lowest BCUT2D eigenvalue weighted by Crippen LogP contribution is -2.57. The van der Waals surface area contributed by atoms with Gasteiger partial charge in [-0.1, -0.05) is 6.07 Å². The van der Waals surface area contributed by atoms with E-state index in [0.29, 0.717) is 0 Å². The number of aliphatic hydroxyl groups excluding tert-OH is 2. The Balaban J connectivity index is 1.48. The first-order valence-electron chi connectivity index (χ1n) is 13.0. The van der Waals surface area contributed by atoms with Gasteiger partial charge in [-0.3, -0.25) is 0 Å². The number of fused-ring (bicyclic) bond motifs is 8. The van der Waals surface area contributed by atoms with Gasteiger partial charge in [0.15, 0.2) is 28.7 Å². The van der Waals surface area contributed by atoms with E-state index in [-0.39, 0.29) is 63.0 Å². The number of rotatable bonds is 2. The quantitative estimate of drug-likeness (QED) is 0.151. The van der Waals surface area contributed by atoms with Gasteiger partial charge in [0.05, 0.1) is 12.0 Å². The highest BCUT2D eigenvalue weighted by molar-refractivity contribution is 5.68. The molecule has 10 N–H and O–H groups in total. The standard InChI is InChI=1S/C30H24O13/c31-12-6-17(35)23-21(7-12)42-30(11-4-18(36)26(39)19(37)5-11)29(40)25(23)24-22(43-30)9-15(33)13-8-20(38)27(41-28(13)24)10-1-2-14(32)16(34)3-10/h1-7,9,20,25,27,29,31-40H,8H2/t20-,25+,27-,29?,30-/m1/s1. The largest absolute Gasteiger partial charge is 0.508 e. The molecule has 0 saturated heterocycles. The molecule has 0 fully saturated rings. The second-order valence-electron chi connectivity index (χ2n) is 10.7. The van der Waals surface area contributed by atoms with Crippen LogP contribution in [0.25, 0.3) is 0 Å². The van der Waals surface area contributed by atoms with Crippen molar-refractivity contribution in [1.82, 2.24) is 0 Å². The number of aromatic hydroxyl groups is 8. The predicted octanol–water partition coefficient (Wildman–Crippen LogP) is 2.50. The van der Waals surface area contributed by atoms with Crippen LogP contribution in [0.3, 0.4) is 0 Å². The Labute approximate surface area is 241 Å². The van der Waals surface area contributed by atoms with E-state index in [0.717, 1.165) is 24.3 Å². The van der Waals surface area contributed by atoms with E-state index in [1.165, 1.54) is 24.3 Å². The third-order valence-electron chi connectivity index (χ3n) is 8.12. The molecule has 4 aromatic carbocycles. The lowest BCUT2D eigenvalue weighted by Gasteiger charge is -2.50. The molecule has 5 atom stereocenters. The highest BCUT2D eigenvalue weighted by Crippen LogP contribution is 2.62. The summed E-state index contributed by atoms with van der Waals surface area (Å²) in [6.45, 7) is 0. The maximum atomic E-state index is 11.9. The van der Waals surface area contributed by atoms with Crippen molar-refractivity contribution in [3.8, 4) is 63.2 Å². The first-order valence-corrected chi connectivity index (χ1v) is 13.0. The van der Waals surface area contributed by atoms with Gasteiger partial charge in [0, 0.05) is 46.9 Å². The molecular weight excluding hydrogens is 568 g/mol. The van der Waals surface area contributed by atoms with Crippen LogP contribution in [-0.4, -0.2) is 63.3 Å². The minimum Gasteiger partial charge on any atom is -0.508 e. The maximum absolute atomic E-state index is 11.9. The van der Waals surface area contributed by atoms with E-state index in [1.54, 1.807) is 0 Å². The summed E-state index contributed by atoms with van der Waals surface area (Å²) in [7, 11) is 0. The Bertz CT molecular complexity index is 1810. The fraction of sp³-hybridized carbons (Fsp3) is 0.200. The van der Waals surface area contributed by atoms with Gasteiger partial charge in [-0.2, -0.15) is 0 Å². The van der Waals surface area contributed by atoms with Crippen LogP contribution in [0.4, 0.5) is 0 Å². The normalized spacial score (nSPS) is 24.9. The van der Waals surface area contributed by atoms with Gasteiger partial charge >= 0.3 is 5.79 Å². The van der Waals surface area contributed by atoms with E-state index in [9.17, 15) is 51.1 Å². The van der Waals surface area contributed by atoms with E-state index in [2.05, 4.69) is 0 Å². The molecule has 1 unspecified atom stereocenters. The average molecular weight is 593 g/mol. The van der Waals surface area contributed by atoms with Crippen LogP contribution < -0.4 is 14.2 Å². The zero-order valence-corrected chi connectivity index (χ0v) is 21.8. The van der Waals surface area contributed by atoms with Crippen molar-refractivity contribution in [3.05, 3.63) is 76.3 Å². The monoisotopic (exact) mass is 592 g/mol. The minimum absolute atomic E-state index is 0.00718. The molecule has 2 bridgehead atoms. The topological polar surface area (TPSA) is 230 Å². The summed E-state index contributed by atoms with van der Waals surface area (Å²) in [6.07, 6.45) is -4.22. The van der Waals surface area contributed by atoms with Gasteiger partial charge in [0.25, 0.3) is 0 Å². The molecule has 13 heteroatoms. The Hall–Kier alpha value is -5.40. The summed E-state index contributed by atoms with van der Waals surface area (Å²) in [5.41, 5.74) is 0.419. The van der Waals surface area contributed by atoms with Gasteiger partial charge < -0.3 is 65.3 Å². The van der Waals surface area contributed by atoms with Gasteiger partial charge in [0.1, 0.15) is 46.7 Å². The summed E-state index contributed by atoms with van der Waals surface area (Å²) in [5.74, 6) is -8.15. The van der Waals surface area contributed by atoms with Crippen molar-refractivity contribution in [2.24, 2.45) is 0 Å². The SMILES string of the molecule is Oc1cc(O)c2c(c1)O[C@]1(c3cc(O)c(O)c(O)c3)Oc3cc(O)c4c(c3[C@H]2C1O)O[C@H](c1ccc(O)c(O)c1)[C@H](O)C4. The number of phenolic OH excluding ortho intramolecular Hbond substituents is 8. The predicted molar refractivity (Wildman–Crippen MR) is 143 cm³/mol. The van der Waals surface area contributed by atoms with Crippen LogP contribution in [0, 0.1) is 0 Å². The molecule has 13 nitrogen and oxygen atoms in total. The van der Waals surface area contributed by atoms with Gasteiger partial charge in [-0.15, -0.1) is 0 Å². The summed E-state index contributed by atoms with van der Waals surface area (Å²) < 4.78 is 18.5. The van der Waals surface area contributed by atoms with E-state index < -0.39 is 64.5 Å². The minimum atomic E-state index is -2.26. The molecular formula is C30H24O13. The first-order chi connectivity index (χ1) is 20.4. The van der Waals surface area contributed by atoms with Crippen molar-refractivity contribution >= 4 is 0 Å². The van der Waals surface area contributed by atoms with Gasteiger partial charge in [-0.05, 0) is 29.8 Å². The van der Waals surface area contributed by atoms with Gasteiger partial charge in [0.2, 0.25) is 0 Å². The smallest absolute Gasteiger partial charge is 0.305 e. The second kappa shape index (κ2) is 8.80. The Morgan fingerprint density at radius 3 is 2.00 bits per heavy atom. The Morgan fingerprint density at radius 1 is 0.651 bits per heavy atom. The first kappa shape index (κ1) is 26.5. The Morgan fingerprint density at radius 2 is 1.33 bits per heavy atom. The lowest BCUT2D eigenvalue weighted by atomic mass is 9.74. The van der Waals surface area contributed by atoms with Crippen LogP contribution in [0.15, 0.2) is 48.5 Å². The number of hydrogen-bond acceptors (Lipinski definition) is 13. The number of benzene rings is 4. The number of ether oxygens (including phenoxy) is 3. The fourth-order valence-electron chi connectivity index (χ4n) is 6.16. The summed E-state index contributed by atoms with van der Waals surface area (Å²) in [5, 5.41) is 105. The van der Waals surface area contributed by atoms with Crippen molar-refractivity contribution in [2.75, 3.05) is 0 Å². The van der Waals surface area contributed by atoms with Crippen LogP contribution in [0.1, 0.15) is 39.8 Å². The molecule has 3 aliphatic heterocycles. The molecule has 0 amide bonds. The molecule has 0 radical (unpaired) electrons. The molecule has 0 saturated carbocycles.